The van der Waals surface area contributed by atoms with Crippen LogP contribution >= 0.6 is 0 Å². The summed E-state index contributed by atoms with van der Waals surface area (Å²) in [6.45, 7) is 8.23. The Morgan fingerprint density at radius 3 is 2.34 bits per heavy atom. The Hall–Kier alpha value is -4.17. The molecule has 7 fully saturated rings. The molecular formula is C43H53FN6O6. The zero-order valence-electron chi connectivity index (χ0n) is 32.7. The number of rotatable bonds is 7. The number of nitrogens with zero attached hydrogens (tertiary/aromatic N) is 6. The molecule has 8 heterocycles. The molecule has 5 unspecified atom stereocenters. The lowest BCUT2D eigenvalue weighted by Crippen LogP contribution is -2.46. The number of halogens is 1. The van der Waals surface area contributed by atoms with Crippen molar-refractivity contribution in [1.29, 1.82) is 0 Å². The number of aromatic nitrogens is 3. The number of fused-ring (bicyclic) bond motifs is 2. The average Bonchev–Trinajstić information content (AvgIpc) is 4.12. The Balaban J connectivity index is 0.000000472. The Morgan fingerprint density at radius 1 is 1.04 bits per heavy atom. The van der Waals surface area contributed by atoms with E-state index in [1.54, 1.807) is 0 Å². The van der Waals surface area contributed by atoms with Gasteiger partial charge in [0.25, 0.3) is 5.91 Å². The fraction of sp³-hybridized carbons (Fsp3) is 0.581. The van der Waals surface area contributed by atoms with Gasteiger partial charge < -0.3 is 34.3 Å². The maximum absolute atomic E-state index is 13.8. The first-order valence-corrected chi connectivity index (χ1v) is 20.4. The van der Waals surface area contributed by atoms with Crippen molar-refractivity contribution in [2.45, 2.75) is 120 Å². The van der Waals surface area contributed by atoms with Gasteiger partial charge in [0.1, 0.15) is 6.17 Å². The molecule has 0 spiro atoms. The van der Waals surface area contributed by atoms with Gasteiger partial charge >= 0.3 is 0 Å². The number of piperazine rings is 1. The van der Waals surface area contributed by atoms with Gasteiger partial charge in [-0.05, 0) is 101 Å². The number of alkyl halides is 1. The Morgan fingerprint density at radius 2 is 1.73 bits per heavy atom. The molecule has 12 nitrogen and oxygen atoms in total. The normalized spacial score (nSPS) is 29.9. The molecule has 2 saturated carbocycles. The van der Waals surface area contributed by atoms with Crippen molar-refractivity contribution in [2.75, 3.05) is 26.7 Å². The van der Waals surface area contributed by atoms with Crippen LogP contribution in [0.1, 0.15) is 93.1 Å². The molecule has 12 rings (SSSR count). The van der Waals surface area contributed by atoms with Crippen molar-refractivity contribution in [3.63, 3.8) is 0 Å². The minimum Gasteiger partial charge on any atom is -0.400 e. The number of amides is 2. The molecule has 13 heteroatoms. The monoisotopic (exact) mass is 768 g/mol. The maximum Gasteiger partial charge on any atom is 0.255 e. The van der Waals surface area contributed by atoms with Gasteiger partial charge in [-0.1, -0.05) is 18.2 Å². The van der Waals surface area contributed by atoms with Crippen molar-refractivity contribution in [1.82, 2.24) is 28.8 Å². The van der Waals surface area contributed by atoms with Crippen molar-refractivity contribution in [2.24, 2.45) is 11.8 Å². The van der Waals surface area contributed by atoms with Crippen LogP contribution in [0.25, 0.3) is 33.5 Å². The highest BCUT2D eigenvalue weighted by atomic mass is 19.1. The molecule has 0 radical (unpaired) electrons. The minimum atomic E-state index is -1.64. The van der Waals surface area contributed by atoms with Crippen LogP contribution < -0.4 is 0 Å². The summed E-state index contributed by atoms with van der Waals surface area (Å²) in [6.07, 6.45) is 6.37. The number of hydrogen-bond donors (Lipinski definition) is 3. The summed E-state index contributed by atoms with van der Waals surface area (Å²) in [7, 11) is 1.00. The number of aliphatic hydroxyl groups excluding tert-OH is 2. The lowest BCUT2D eigenvalue weighted by atomic mass is 9.80. The van der Waals surface area contributed by atoms with Gasteiger partial charge in [-0.25, -0.2) is 9.37 Å². The first kappa shape index (κ1) is 37.4. The summed E-state index contributed by atoms with van der Waals surface area (Å²) < 4.78 is 16.6. The smallest absolute Gasteiger partial charge is 0.255 e. The first-order valence-electron chi connectivity index (χ1n) is 20.4. The minimum absolute atomic E-state index is 0.00685. The summed E-state index contributed by atoms with van der Waals surface area (Å²) >= 11 is 0. The van der Waals surface area contributed by atoms with Crippen LogP contribution in [0.5, 0.6) is 0 Å². The summed E-state index contributed by atoms with van der Waals surface area (Å²) in [5, 5.41) is 29.6. The molecule has 2 aromatic carbocycles. The van der Waals surface area contributed by atoms with E-state index in [9.17, 15) is 29.0 Å². The second-order valence-electron chi connectivity index (χ2n) is 17.9. The predicted molar refractivity (Wildman–Crippen MR) is 208 cm³/mol. The number of benzene rings is 2. The number of piperidine rings is 1. The van der Waals surface area contributed by atoms with E-state index < -0.39 is 11.3 Å². The predicted octanol–water partition coefficient (Wildman–Crippen LogP) is 4.55. The van der Waals surface area contributed by atoms with Crippen LogP contribution in [-0.4, -0.2) is 119 Å². The number of aliphatic hydroxyl groups is 3. The first-order chi connectivity index (χ1) is 26.8. The summed E-state index contributed by atoms with van der Waals surface area (Å²) in [4.78, 5) is 48.0. The third-order valence-corrected chi connectivity index (χ3v) is 13.3. The van der Waals surface area contributed by atoms with Gasteiger partial charge in [-0.15, -0.1) is 0 Å². The molecule has 5 saturated heterocycles. The molecule has 8 aliphatic rings. The lowest BCUT2D eigenvalue weighted by Gasteiger charge is -2.38. The van der Waals surface area contributed by atoms with Gasteiger partial charge in [-0.2, -0.15) is 0 Å². The number of carbonyl (C=O) groups is 3. The van der Waals surface area contributed by atoms with E-state index in [0.29, 0.717) is 55.3 Å². The van der Waals surface area contributed by atoms with Crippen LogP contribution in [0.4, 0.5) is 4.39 Å². The lowest BCUT2D eigenvalue weighted by molar-refractivity contribution is -0.143. The second-order valence-corrected chi connectivity index (χ2v) is 17.9. The third-order valence-electron chi connectivity index (χ3n) is 13.3. The van der Waals surface area contributed by atoms with Gasteiger partial charge in [0.2, 0.25) is 5.91 Å². The quantitative estimate of drug-likeness (QED) is 0.184. The summed E-state index contributed by atoms with van der Waals surface area (Å²) in [6, 6.07) is 14.0. The number of carbonyl (C=O) groups excluding carboxylic acids is 3. The van der Waals surface area contributed by atoms with Crippen molar-refractivity contribution < 1.29 is 34.1 Å². The molecule has 2 bridgehead atoms. The third kappa shape index (κ3) is 6.25. The van der Waals surface area contributed by atoms with Gasteiger partial charge in [-0.3, -0.25) is 19.3 Å². The fourth-order valence-corrected chi connectivity index (χ4v) is 9.85. The van der Waals surface area contributed by atoms with E-state index in [0.717, 1.165) is 74.2 Å². The van der Waals surface area contributed by atoms with E-state index >= 15 is 0 Å². The highest BCUT2D eigenvalue weighted by molar-refractivity contribution is 6.00. The van der Waals surface area contributed by atoms with Crippen molar-refractivity contribution >= 4 is 40.0 Å². The van der Waals surface area contributed by atoms with E-state index in [-0.39, 0.29) is 36.3 Å². The van der Waals surface area contributed by atoms with Gasteiger partial charge in [0.15, 0.2) is 17.8 Å². The average molecular weight is 769 g/mol. The molecular weight excluding hydrogens is 716 g/mol. The number of likely N-dealkylation sites (tertiary alicyclic amines) is 1. The SMILES string of the molecule is CC(C)(F)C=O.CC1(O)CCn2c(-c3cc4cccc(C5CCN(C(=O)C6CC(O)C6)CC5)c4n3CC3CC3)nc3cc(C(=O)N4CC5C6C4N56)cc1c32.CO. The molecule has 2 aliphatic carbocycles. The standard InChI is InChI=1S/C38H42N6O4.C4H7FO.CH4O/c1-38(48)9-12-41-32-27(38)15-24(37(47)43-19-30-33-35(43)44(30)33)16-28(32)39-34(41)29-17-22-3-2-4-26(31(22)42(29)18-20-5-6-20)21-7-10-40(11-8-21)36(46)23-13-25(45)14-23;1-4(2,5)3-6;1-2/h2-4,15-17,20-21,23,25,30,33,35,45,48H,5-14,18-19H2,1H3;3H,1-2H3;2H,1H3. The van der Waals surface area contributed by atoms with Crippen LogP contribution in [0, 0.1) is 11.8 Å². The van der Waals surface area contributed by atoms with E-state index in [2.05, 4.69) is 38.3 Å². The molecule has 6 aliphatic heterocycles. The largest absolute Gasteiger partial charge is 0.400 e. The van der Waals surface area contributed by atoms with E-state index in [4.69, 9.17) is 10.1 Å². The molecule has 3 N–H and O–H groups in total. The van der Waals surface area contributed by atoms with Crippen LogP contribution in [0.15, 0.2) is 36.4 Å². The Labute approximate surface area is 325 Å². The number of hydrogen-bond acceptors (Lipinski definition) is 8. The Kier molecular flexibility index (Phi) is 8.99. The van der Waals surface area contributed by atoms with Crippen LogP contribution in [0.3, 0.4) is 0 Å². The van der Waals surface area contributed by atoms with E-state index in [1.807, 2.05) is 28.9 Å². The number of aldehydes is 1. The zero-order valence-corrected chi connectivity index (χ0v) is 32.7. The van der Waals surface area contributed by atoms with Crippen molar-refractivity contribution in [3.8, 4) is 11.5 Å². The molecule has 2 aromatic heterocycles. The zero-order chi connectivity index (χ0) is 39.4. The highest BCUT2D eigenvalue weighted by Gasteiger charge is 2.80. The van der Waals surface area contributed by atoms with E-state index in [1.165, 1.54) is 43.2 Å². The Bertz CT molecular complexity index is 2210. The van der Waals surface area contributed by atoms with Gasteiger partial charge in [0, 0.05) is 68.3 Å². The second kappa shape index (κ2) is 13.5. The highest BCUT2D eigenvalue weighted by Crippen LogP contribution is 2.59. The van der Waals surface area contributed by atoms with Gasteiger partial charge in [0.05, 0.1) is 40.0 Å². The molecule has 56 heavy (non-hydrogen) atoms. The number of para-hydroxylation sites is 1. The summed E-state index contributed by atoms with van der Waals surface area (Å²) in [5.74, 6) is 2.20. The molecule has 4 aromatic rings. The summed E-state index contributed by atoms with van der Waals surface area (Å²) in [5.41, 5.74) is 4.23. The van der Waals surface area contributed by atoms with Crippen molar-refractivity contribution in [3.05, 3.63) is 53.1 Å². The molecule has 5 atom stereocenters. The number of imidazole rings is 1. The topological polar surface area (TPSA) is 144 Å². The molecule has 298 valence electrons. The molecule has 2 amide bonds. The fourth-order valence-electron chi connectivity index (χ4n) is 9.85. The van der Waals surface area contributed by atoms with Crippen LogP contribution in [0.2, 0.25) is 0 Å². The number of aryl methyl sites for hydroxylation is 1. The maximum atomic E-state index is 13.8. The van der Waals surface area contributed by atoms with Crippen LogP contribution in [-0.2, 0) is 28.3 Å².